The van der Waals surface area contributed by atoms with Crippen molar-refractivity contribution in [1.29, 1.82) is 0 Å². The Morgan fingerprint density at radius 3 is 2.54 bits per heavy atom. The Labute approximate surface area is 151 Å². The average Bonchev–Trinajstić information content (AvgIpc) is 3.18. The van der Waals surface area contributed by atoms with Gasteiger partial charge in [-0.2, -0.15) is 0 Å². The number of hydrogen-bond acceptors (Lipinski definition) is 4. The van der Waals surface area contributed by atoms with Gasteiger partial charge in [-0.05, 0) is 44.2 Å². The van der Waals surface area contributed by atoms with Gasteiger partial charge in [-0.1, -0.05) is 34.4 Å². The first kappa shape index (κ1) is 16.4. The molecule has 2 fully saturated rings. The molecule has 0 unspecified atom stereocenters. The molecule has 4 rings (SSSR count). The summed E-state index contributed by atoms with van der Waals surface area (Å²) in [7, 11) is 0. The molecule has 0 saturated heterocycles. The van der Waals surface area contributed by atoms with Crippen LogP contribution < -0.4 is 5.73 Å². The summed E-state index contributed by atoms with van der Waals surface area (Å²) >= 11 is 12.7. The number of nitrogens with two attached hydrogens (primary N) is 1. The number of halogens is 2. The van der Waals surface area contributed by atoms with Gasteiger partial charge < -0.3 is 15.0 Å². The van der Waals surface area contributed by atoms with Crippen LogP contribution in [0.15, 0.2) is 22.7 Å². The van der Waals surface area contributed by atoms with Gasteiger partial charge in [-0.3, -0.25) is 0 Å². The van der Waals surface area contributed by atoms with Crippen LogP contribution in [0.1, 0.15) is 49.3 Å². The molecule has 1 heterocycles. The lowest BCUT2D eigenvalue weighted by molar-refractivity contribution is 0.0442. The first-order valence-corrected chi connectivity index (χ1v) is 9.19. The Hall–Kier alpha value is -1.07. The minimum absolute atomic E-state index is 0.205. The van der Waals surface area contributed by atoms with E-state index in [4.69, 9.17) is 38.2 Å². The van der Waals surface area contributed by atoms with Gasteiger partial charge in [0.1, 0.15) is 11.5 Å². The molecule has 4 nitrogen and oxygen atoms in total. The third-order valence-electron chi connectivity index (χ3n) is 4.85. The van der Waals surface area contributed by atoms with Gasteiger partial charge in [0, 0.05) is 23.1 Å². The van der Waals surface area contributed by atoms with E-state index in [1.54, 1.807) is 0 Å². The minimum atomic E-state index is 0.205. The zero-order valence-corrected chi connectivity index (χ0v) is 14.8. The highest BCUT2D eigenvalue weighted by Crippen LogP contribution is 2.46. The molecule has 2 aliphatic rings. The summed E-state index contributed by atoms with van der Waals surface area (Å²) in [6.45, 7) is 0.462. The van der Waals surface area contributed by atoms with Gasteiger partial charge in [0.2, 0.25) is 0 Å². The fourth-order valence-corrected chi connectivity index (χ4v) is 3.95. The molecule has 2 atom stereocenters. The van der Waals surface area contributed by atoms with Crippen LogP contribution in [0.3, 0.4) is 0 Å². The van der Waals surface area contributed by atoms with Crippen LogP contribution in [0.5, 0.6) is 0 Å². The van der Waals surface area contributed by atoms with E-state index < -0.39 is 0 Å². The third-order valence-corrected chi connectivity index (χ3v) is 5.48. The van der Waals surface area contributed by atoms with Gasteiger partial charge in [0.15, 0.2) is 0 Å². The van der Waals surface area contributed by atoms with Crippen LogP contribution in [-0.2, 0) is 11.3 Å². The maximum Gasteiger partial charge on any atom is 0.145 e. The van der Waals surface area contributed by atoms with Crippen LogP contribution in [0.25, 0.3) is 11.3 Å². The van der Waals surface area contributed by atoms with Crippen molar-refractivity contribution in [1.82, 2.24) is 5.16 Å². The topological polar surface area (TPSA) is 61.3 Å². The Balaban J connectivity index is 1.65. The van der Waals surface area contributed by atoms with Gasteiger partial charge >= 0.3 is 0 Å². The Morgan fingerprint density at radius 2 is 1.92 bits per heavy atom. The summed E-state index contributed by atoms with van der Waals surface area (Å²) < 4.78 is 11.8. The summed E-state index contributed by atoms with van der Waals surface area (Å²) in [5, 5.41) is 5.42. The lowest BCUT2D eigenvalue weighted by Gasteiger charge is -2.13. The molecule has 0 aliphatic heterocycles. The molecule has 1 aromatic carbocycles. The third kappa shape index (κ3) is 3.21. The molecule has 2 aliphatic carbocycles. The molecule has 0 radical (unpaired) electrons. The van der Waals surface area contributed by atoms with E-state index in [9.17, 15) is 0 Å². The Bertz CT molecular complexity index is 722. The van der Waals surface area contributed by atoms with Crippen molar-refractivity contribution in [3.05, 3.63) is 39.6 Å². The van der Waals surface area contributed by atoms with E-state index in [2.05, 4.69) is 5.16 Å². The number of rotatable bonds is 5. The number of nitrogens with zero attached hydrogens (tertiary/aromatic N) is 1. The Kier molecular flexibility index (Phi) is 4.56. The van der Waals surface area contributed by atoms with E-state index in [-0.39, 0.29) is 12.1 Å². The second kappa shape index (κ2) is 6.68. The van der Waals surface area contributed by atoms with E-state index in [0.29, 0.717) is 28.3 Å². The van der Waals surface area contributed by atoms with Crippen molar-refractivity contribution in [2.45, 2.75) is 56.8 Å². The molecule has 0 bridgehead atoms. The van der Waals surface area contributed by atoms with Crippen LogP contribution in [0.2, 0.25) is 10.0 Å². The largest absolute Gasteiger partial charge is 0.373 e. The standard InChI is InChI=1S/C18H20Cl2N2O2/c19-14-2-1-3-15(20)16(14)17-13(18(24-22-17)10-4-5-10)9-23-12-7-6-11(21)8-12/h1-3,10-12H,4-9,21H2/t11-,12+/m1/s1. The number of aromatic nitrogens is 1. The predicted octanol–water partition coefficient (Wildman–Crippen LogP) is 4.92. The molecule has 24 heavy (non-hydrogen) atoms. The van der Waals surface area contributed by atoms with Crippen LogP contribution in [0.4, 0.5) is 0 Å². The quantitative estimate of drug-likeness (QED) is 0.815. The highest BCUT2D eigenvalue weighted by atomic mass is 35.5. The number of hydrogen-bond donors (Lipinski definition) is 1. The second-order valence-corrected chi connectivity index (χ2v) is 7.57. The predicted molar refractivity (Wildman–Crippen MR) is 94.3 cm³/mol. The lowest BCUT2D eigenvalue weighted by Crippen LogP contribution is -2.17. The van der Waals surface area contributed by atoms with E-state index in [1.807, 2.05) is 18.2 Å². The zero-order chi connectivity index (χ0) is 16.7. The highest BCUT2D eigenvalue weighted by Gasteiger charge is 2.34. The summed E-state index contributed by atoms with van der Waals surface area (Å²) in [5.74, 6) is 1.36. The number of ether oxygens (including phenoxy) is 1. The molecule has 2 saturated carbocycles. The average molecular weight is 367 g/mol. The maximum atomic E-state index is 6.36. The summed E-state index contributed by atoms with van der Waals surface area (Å²) in [5.41, 5.74) is 8.38. The summed E-state index contributed by atoms with van der Waals surface area (Å²) in [6, 6.07) is 5.70. The van der Waals surface area contributed by atoms with Gasteiger partial charge in [0.05, 0.1) is 22.8 Å². The molecule has 0 amide bonds. The van der Waals surface area contributed by atoms with Gasteiger partial charge in [-0.25, -0.2) is 0 Å². The fraction of sp³-hybridized carbons (Fsp3) is 0.500. The fourth-order valence-electron chi connectivity index (χ4n) is 3.37. The van der Waals surface area contributed by atoms with E-state index >= 15 is 0 Å². The number of benzene rings is 1. The van der Waals surface area contributed by atoms with Crippen molar-refractivity contribution in [2.24, 2.45) is 5.73 Å². The van der Waals surface area contributed by atoms with Crippen molar-refractivity contribution in [2.75, 3.05) is 0 Å². The smallest absolute Gasteiger partial charge is 0.145 e. The monoisotopic (exact) mass is 366 g/mol. The first-order valence-electron chi connectivity index (χ1n) is 8.43. The molecule has 2 N–H and O–H groups in total. The SMILES string of the molecule is N[C@@H]1CC[C@H](OCc2c(-c3c(Cl)cccc3Cl)noc2C2CC2)C1. The molecule has 6 heteroatoms. The molecule has 2 aromatic rings. The molecule has 0 spiro atoms. The lowest BCUT2D eigenvalue weighted by atomic mass is 10.0. The van der Waals surface area contributed by atoms with Crippen molar-refractivity contribution in [3.8, 4) is 11.3 Å². The first-order chi connectivity index (χ1) is 11.6. The van der Waals surface area contributed by atoms with Gasteiger partial charge in [-0.15, -0.1) is 0 Å². The minimum Gasteiger partial charge on any atom is -0.373 e. The van der Waals surface area contributed by atoms with Crippen LogP contribution in [-0.4, -0.2) is 17.3 Å². The van der Waals surface area contributed by atoms with E-state index in [0.717, 1.165) is 49.0 Å². The van der Waals surface area contributed by atoms with Crippen molar-refractivity contribution >= 4 is 23.2 Å². The second-order valence-electron chi connectivity index (χ2n) is 6.75. The summed E-state index contributed by atoms with van der Waals surface area (Å²) in [4.78, 5) is 0. The Morgan fingerprint density at radius 1 is 1.17 bits per heavy atom. The van der Waals surface area contributed by atoms with Crippen molar-refractivity contribution < 1.29 is 9.26 Å². The van der Waals surface area contributed by atoms with Crippen LogP contribution >= 0.6 is 23.2 Å². The van der Waals surface area contributed by atoms with Crippen LogP contribution in [0, 0.1) is 0 Å². The summed E-state index contributed by atoms with van der Waals surface area (Å²) in [6.07, 6.45) is 5.40. The molecule has 1 aromatic heterocycles. The van der Waals surface area contributed by atoms with Crippen molar-refractivity contribution in [3.63, 3.8) is 0 Å². The van der Waals surface area contributed by atoms with E-state index in [1.165, 1.54) is 0 Å². The van der Waals surface area contributed by atoms with Gasteiger partial charge in [0.25, 0.3) is 0 Å². The highest BCUT2D eigenvalue weighted by molar-refractivity contribution is 6.39. The molecular formula is C18H20Cl2N2O2. The molecule has 128 valence electrons. The molecular weight excluding hydrogens is 347 g/mol. The zero-order valence-electron chi connectivity index (χ0n) is 13.3. The normalized spacial score (nSPS) is 23.8. The maximum absolute atomic E-state index is 6.36.